The minimum absolute atomic E-state index is 0. The molecule has 0 bridgehead atoms. The third kappa shape index (κ3) is 6.59. The summed E-state index contributed by atoms with van der Waals surface area (Å²) < 4.78 is 2.14. The van der Waals surface area contributed by atoms with Crippen molar-refractivity contribution in [1.29, 1.82) is 0 Å². The summed E-state index contributed by atoms with van der Waals surface area (Å²) in [5, 5.41) is 0. The lowest BCUT2D eigenvalue weighted by atomic mass is 9.84. The fourth-order valence-corrected chi connectivity index (χ4v) is 2.30. The van der Waals surface area contributed by atoms with Crippen LogP contribution in [0.15, 0.2) is 12.4 Å². The van der Waals surface area contributed by atoms with E-state index in [0.717, 1.165) is 18.5 Å². The van der Waals surface area contributed by atoms with Crippen molar-refractivity contribution < 1.29 is 28.5 Å². The van der Waals surface area contributed by atoms with Crippen molar-refractivity contribution in [3.05, 3.63) is 23.5 Å². The predicted octanol–water partition coefficient (Wildman–Crippen LogP) is 0.275. The summed E-state index contributed by atoms with van der Waals surface area (Å²) in [7, 11) is 2.08. The average Bonchev–Trinajstić information content (AvgIpc) is 2.07. The molecule has 0 saturated carbocycles. The average molecular weight is 376 g/mol. The van der Waals surface area contributed by atoms with E-state index in [9.17, 15) is 0 Å². The van der Waals surface area contributed by atoms with Gasteiger partial charge in [0.2, 0.25) is 0 Å². The first-order valence-corrected chi connectivity index (χ1v) is 6.74. The van der Waals surface area contributed by atoms with E-state index in [1.807, 2.05) is 0 Å². The Labute approximate surface area is 135 Å². The third-order valence-electron chi connectivity index (χ3n) is 2.85. The maximum atomic E-state index is 6.35. The number of aryl methyl sites for hydroxylation is 1. The van der Waals surface area contributed by atoms with Gasteiger partial charge in [-0.2, -0.15) is 0 Å². The van der Waals surface area contributed by atoms with Gasteiger partial charge >= 0.3 is 0 Å². The van der Waals surface area contributed by atoms with Crippen LogP contribution in [0.5, 0.6) is 0 Å². The van der Waals surface area contributed by atoms with Crippen molar-refractivity contribution in [2.75, 3.05) is 5.73 Å². The van der Waals surface area contributed by atoms with Crippen LogP contribution < -0.4 is 34.3 Å². The summed E-state index contributed by atoms with van der Waals surface area (Å²) in [4.78, 5) is 0. The van der Waals surface area contributed by atoms with Crippen LogP contribution >= 0.6 is 0 Å². The zero-order chi connectivity index (χ0) is 14.1. The summed E-state index contributed by atoms with van der Waals surface area (Å²) in [6.07, 6.45) is 6.36. The lowest BCUT2D eigenvalue weighted by Gasteiger charge is -2.22. The number of rotatable bonds is 2. The molecule has 0 amide bonds. The van der Waals surface area contributed by atoms with Crippen LogP contribution in [-0.2, 0) is 19.9 Å². The number of nitrogens with two attached hydrogens (primary N) is 1. The Morgan fingerprint density at radius 2 is 1.21 bits per heavy atom. The van der Waals surface area contributed by atoms with Crippen LogP contribution in [0.4, 0.5) is 5.69 Å². The number of pyridine rings is 1. The molecular formula is C16H29IN2. The largest absolute Gasteiger partial charge is 1.00 e. The smallest absolute Gasteiger partial charge is 0.173 e. The lowest BCUT2D eigenvalue weighted by molar-refractivity contribution is -0.672. The number of anilines is 1. The van der Waals surface area contributed by atoms with Crippen molar-refractivity contribution in [1.82, 2.24) is 0 Å². The molecule has 19 heavy (non-hydrogen) atoms. The van der Waals surface area contributed by atoms with Crippen LogP contribution in [0.1, 0.15) is 52.7 Å². The highest BCUT2D eigenvalue weighted by molar-refractivity contribution is 5.51. The summed E-state index contributed by atoms with van der Waals surface area (Å²) in [6, 6.07) is 0. The van der Waals surface area contributed by atoms with E-state index < -0.39 is 0 Å². The molecule has 0 atom stereocenters. The molecule has 1 rings (SSSR count). The van der Waals surface area contributed by atoms with E-state index in [1.54, 1.807) is 0 Å². The standard InChI is InChI=1S/C16H28N2.HI/c1-15(2,3)8-12-10-18(7)11-13(14(12)17)9-16(4,5)6;/h10-11,17H,8-9H2,1-7H3;1H. The molecular weight excluding hydrogens is 347 g/mol. The number of nitrogen functional groups attached to an aromatic ring is 1. The van der Waals surface area contributed by atoms with E-state index in [0.29, 0.717) is 0 Å². The van der Waals surface area contributed by atoms with E-state index in [4.69, 9.17) is 5.73 Å². The van der Waals surface area contributed by atoms with E-state index in [1.165, 1.54) is 11.1 Å². The highest BCUT2D eigenvalue weighted by Gasteiger charge is 2.21. The first kappa shape index (κ1) is 18.7. The Morgan fingerprint density at radius 1 is 0.895 bits per heavy atom. The molecule has 0 spiro atoms. The van der Waals surface area contributed by atoms with Crippen LogP contribution in [0.25, 0.3) is 0 Å². The first-order chi connectivity index (χ1) is 7.98. The van der Waals surface area contributed by atoms with Gasteiger partial charge in [0.05, 0.1) is 0 Å². The van der Waals surface area contributed by atoms with Gasteiger partial charge < -0.3 is 29.7 Å². The molecule has 1 aromatic rings. The summed E-state index contributed by atoms with van der Waals surface area (Å²) >= 11 is 0. The lowest BCUT2D eigenvalue weighted by Crippen LogP contribution is -3.00. The van der Waals surface area contributed by atoms with Crippen LogP contribution in [-0.4, -0.2) is 0 Å². The summed E-state index contributed by atoms with van der Waals surface area (Å²) in [5.41, 5.74) is 10.4. The normalized spacial score (nSPS) is 12.2. The fourth-order valence-electron chi connectivity index (χ4n) is 2.30. The van der Waals surface area contributed by atoms with E-state index >= 15 is 0 Å². The molecule has 0 aliphatic rings. The molecule has 0 aliphatic carbocycles. The molecule has 0 radical (unpaired) electrons. The number of halogens is 1. The van der Waals surface area contributed by atoms with Gasteiger partial charge in [-0.1, -0.05) is 41.5 Å². The second-order valence-corrected chi connectivity index (χ2v) is 7.86. The SMILES string of the molecule is C[n+]1cc(CC(C)(C)C)c(N)c(CC(C)(C)C)c1.[I-]. The monoisotopic (exact) mass is 376 g/mol. The molecule has 0 fully saturated rings. The molecule has 0 saturated heterocycles. The van der Waals surface area contributed by atoms with Gasteiger partial charge in [0, 0.05) is 16.8 Å². The van der Waals surface area contributed by atoms with E-state index in [2.05, 4.69) is 65.6 Å². The second kappa shape index (κ2) is 6.42. The van der Waals surface area contributed by atoms with Crippen molar-refractivity contribution in [3.8, 4) is 0 Å². The van der Waals surface area contributed by atoms with Crippen molar-refractivity contribution >= 4 is 5.69 Å². The van der Waals surface area contributed by atoms with Gasteiger partial charge in [0.1, 0.15) is 7.05 Å². The van der Waals surface area contributed by atoms with Gasteiger partial charge in [-0.05, 0) is 23.7 Å². The molecule has 1 aromatic heterocycles. The molecule has 0 aromatic carbocycles. The Morgan fingerprint density at radius 3 is 1.47 bits per heavy atom. The van der Waals surface area contributed by atoms with Gasteiger partial charge in [-0.3, -0.25) is 0 Å². The van der Waals surface area contributed by atoms with Gasteiger partial charge in [0.25, 0.3) is 0 Å². The van der Waals surface area contributed by atoms with Crippen LogP contribution in [0, 0.1) is 10.8 Å². The minimum atomic E-state index is 0. The van der Waals surface area contributed by atoms with Crippen LogP contribution in [0.3, 0.4) is 0 Å². The molecule has 0 unspecified atom stereocenters. The second-order valence-electron chi connectivity index (χ2n) is 7.86. The fraction of sp³-hybridized carbons (Fsp3) is 0.688. The maximum absolute atomic E-state index is 6.35. The highest BCUT2D eigenvalue weighted by atomic mass is 127. The summed E-state index contributed by atoms with van der Waals surface area (Å²) in [5.74, 6) is 0. The predicted molar refractivity (Wildman–Crippen MR) is 78.3 cm³/mol. The van der Waals surface area contributed by atoms with Crippen molar-refractivity contribution in [3.63, 3.8) is 0 Å². The number of nitrogens with zero attached hydrogens (tertiary/aromatic N) is 1. The third-order valence-corrected chi connectivity index (χ3v) is 2.85. The minimum Gasteiger partial charge on any atom is -1.00 e. The molecule has 2 nitrogen and oxygen atoms in total. The van der Waals surface area contributed by atoms with Gasteiger partial charge in [-0.15, -0.1) is 0 Å². The van der Waals surface area contributed by atoms with Gasteiger partial charge in [0.15, 0.2) is 12.4 Å². The number of hydrogen-bond acceptors (Lipinski definition) is 1. The zero-order valence-electron chi connectivity index (χ0n) is 13.5. The molecule has 110 valence electrons. The highest BCUT2D eigenvalue weighted by Crippen LogP contribution is 2.29. The van der Waals surface area contributed by atoms with E-state index in [-0.39, 0.29) is 34.8 Å². The first-order valence-electron chi connectivity index (χ1n) is 6.74. The molecule has 2 N–H and O–H groups in total. The quantitative estimate of drug-likeness (QED) is 0.583. The number of aromatic nitrogens is 1. The van der Waals surface area contributed by atoms with Crippen molar-refractivity contribution in [2.24, 2.45) is 17.9 Å². The topological polar surface area (TPSA) is 29.9 Å². The Hall–Kier alpha value is -0.320. The van der Waals surface area contributed by atoms with Gasteiger partial charge in [-0.25, -0.2) is 4.57 Å². The number of hydrogen-bond donors (Lipinski definition) is 1. The summed E-state index contributed by atoms with van der Waals surface area (Å²) in [6.45, 7) is 13.5. The maximum Gasteiger partial charge on any atom is 0.173 e. The Balaban J connectivity index is 0.00000324. The van der Waals surface area contributed by atoms with Crippen LogP contribution in [0.2, 0.25) is 0 Å². The van der Waals surface area contributed by atoms with Crippen molar-refractivity contribution in [2.45, 2.75) is 54.4 Å². The molecule has 0 aliphatic heterocycles. The Kier molecular flexibility index (Phi) is 6.31. The zero-order valence-corrected chi connectivity index (χ0v) is 15.6. The molecule has 3 heteroatoms. The molecule has 1 heterocycles. The Bertz CT molecular complexity index is 388.